The smallest absolute Gasteiger partial charge is 0.311 e. The molecule has 6 nitrogen and oxygen atoms in total. The van der Waals surface area contributed by atoms with Gasteiger partial charge in [-0.15, -0.1) is 5.10 Å². The van der Waals surface area contributed by atoms with Crippen LogP contribution in [0.15, 0.2) is 5.38 Å². The minimum absolute atomic E-state index is 0.198. The van der Waals surface area contributed by atoms with E-state index in [0.717, 1.165) is 11.5 Å². The molecule has 0 aromatic carbocycles. The Morgan fingerprint density at radius 2 is 1.94 bits per heavy atom. The molecule has 1 aromatic heterocycles. The lowest BCUT2D eigenvalue weighted by molar-refractivity contribution is -0.150. The molecular weight excluding hydrogens is 242 g/mol. The van der Waals surface area contributed by atoms with Gasteiger partial charge in [-0.2, -0.15) is 0 Å². The van der Waals surface area contributed by atoms with Gasteiger partial charge in [0, 0.05) is 5.38 Å². The summed E-state index contributed by atoms with van der Waals surface area (Å²) in [6, 6.07) is 0. The van der Waals surface area contributed by atoms with Crippen molar-refractivity contribution < 1.29 is 14.7 Å². The van der Waals surface area contributed by atoms with Crippen molar-refractivity contribution in [3.8, 4) is 0 Å². The second kappa shape index (κ2) is 4.40. The minimum Gasteiger partial charge on any atom is -0.481 e. The van der Waals surface area contributed by atoms with Crippen LogP contribution >= 0.6 is 11.5 Å². The Morgan fingerprint density at radius 3 is 2.35 bits per heavy atom. The van der Waals surface area contributed by atoms with Gasteiger partial charge < -0.3 is 10.4 Å². The van der Waals surface area contributed by atoms with Crippen LogP contribution in [0.2, 0.25) is 0 Å². The first-order valence-corrected chi connectivity index (χ1v) is 5.85. The quantitative estimate of drug-likeness (QED) is 0.844. The highest BCUT2D eigenvalue weighted by Gasteiger charge is 2.44. The maximum absolute atomic E-state index is 11.8. The van der Waals surface area contributed by atoms with E-state index in [-0.39, 0.29) is 5.69 Å². The standard InChI is InChI=1S/C10H15N3O3S/c1-9(2,8(15)16)10(3,4)11-7(14)6-5-17-13-12-6/h5H,1-4H3,(H,11,14)(H,15,16). The molecule has 0 spiro atoms. The zero-order valence-electron chi connectivity index (χ0n) is 10.1. The average Bonchev–Trinajstić information content (AvgIpc) is 2.68. The van der Waals surface area contributed by atoms with E-state index in [4.69, 9.17) is 5.11 Å². The van der Waals surface area contributed by atoms with Crippen LogP contribution in [0.1, 0.15) is 38.2 Å². The van der Waals surface area contributed by atoms with Crippen molar-refractivity contribution in [1.29, 1.82) is 0 Å². The van der Waals surface area contributed by atoms with Gasteiger partial charge in [0.1, 0.15) is 0 Å². The topological polar surface area (TPSA) is 92.2 Å². The van der Waals surface area contributed by atoms with Crippen molar-refractivity contribution in [2.24, 2.45) is 5.41 Å². The predicted octanol–water partition coefficient (Wildman–Crippen LogP) is 1.16. The molecule has 2 N–H and O–H groups in total. The molecule has 1 rings (SSSR count). The van der Waals surface area contributed by atoms with Gasteiger partial charge in [0.2, 0.25) is 0 Å². The summed E-state index contributed by atoms with van der Waals surface area (Å²) in [7, 11) is 0. The maximum Gasteiger partial charge on any atom is 0.311 e. The van der Waals surface area contributed by atoms with Gasteiger partial charge in [-0.05, 0) is 39.2 Å². The Bertz CT molecular complexity index is 426. The lowest BCUT2D eigenvalue weighted by atomic mass is 9.74. The first kappa shape index (κ1) is 13.6. The summed E-state index contributed by atoms with van der Waals surface area (Å²) in [5, 5.41) is 17.0. The molecule has 0 bridgehead atoms. The van der Waals surface area contributed by atoms with Crippen LogP contribution in [-0.4, -0.2) is 32.1 Å². The van der Waals surface area contributed by atoms with Gasteiger partial charge in [0.25, 0.3) is 5.91 Å². The number of rotatable bonds is 4. The monoisotopic (exact) mass is 257 g/mol. The number of amides is 1. The van der Waals surface area contributed by atoms with Crippen molar-refractivity contribution >= 4 is 23.4 Å². The van der Waals surface area contributed by atoms with Crippen molar-refractivity contribution in [3.05, 3.63) is 11.1 Å². The van der Waals surface area contributed by atoms with E-state index >= 15 is 0 Å². The molecule has 0 unspecified atom stereocenters. The molecule has 0 saturated carbocycles. The average molecular weight is 257 g/mol. The number of aliphatic carboxylic acids is 1. The second-order valence-corrected chi connectivity index (χ2v) is 5.41. The molecule has 0 radical (unpaired) electrons. The van der Waals surface area contributed by atoms with Crippen molar-refractivity contribution in [2.75, 3.05) is 0 Å². The number of carbonyl (C=O) groups excluding carboxylic acids is 1. The minimum atomic E-state index is -1.09. The van der Waals surface area contributed by atoms with Crippen LogP contribution < -0.4 is 5.32 Å². The van der Waals surface area contributed by atoms with Gasteiger partial charge in [-0.3, -0.25) is 9.59 Å². The van der Waals surface area contributed by atoms with Crippen LogP contribution in [-0.2, 0) is 4.79 Å². The maximum atomic E-state index is 11.8. The third kappa shape index (κ3) is 2.60. The number of nitrogens with zero attached hydrogens (tertiary/aromatic N) is 2. The lowest BCUT2D eigenvalue weighted by Crippen LogP contribution is -2.57. The van der Waals surface area contributed by atoms with E-state index in [1.54, 1.807) is 27.7 Å². The fourth-order valence-electron chi connectivity index (χ4n) is 1.03. The summed E-state index contributed by atoms with van der Waals surface area (Å²) in [6.45, 7) is 6.46. The van der Waals surface area contributed by atoms with Gasteiger partial charge in [0.15, 0.2) is 5.69 Å². The van der Waals surface area contributed by atoms with Crippen LogP contribution in [0.3, 0.4) is 0 Å². The Kier molecular flexibility index (Phi) is 3.51. The van der Waals surface area contributed by atoms with Gasteiger partial charge in [0.05, 0.1) is 11.0 Å². The van der Waals surface area contributed by atoms with E-state index in [9.17, 15) is 9.59 Å². The SMILES string of the molecule is CC(C)(NC(=O)c1csnn1)C(C)(C)C(=O)O. The Hall–Kier alpha value is -1.50. The molecule has 0 fully saturated rings. The second-order valence-electron chi connectivity index (χ2n) is 4.80. The number of aromatic nitrogens is 2. The first-order valence-electron chi connectivity index (χ1n) is 5.01. The molecule has 1 aromatic rings. The largest absolute Gasteiger partial charge is 0.481 e. The summed E-state index contributed by atoms with van der Waals surface area (Å²) in [4.78, 5) is 22.9. The molecule has 1 amide bonds. The van der Waals surface area contributed by atoms with Crippen LogP contribution in [0.25, 0.3) is 0 Å². The molecule has 0 aliphatic rings. The lowest BCUT2D eigenvalue weighted by Gasteiger charge is -2.38. The fourth-order valence-corrected chi connectivity index (χ4v) is 1.47. The number of carboxylic acids is 1. The normalized spacial score (nSPS) is 12.2. The summed E-state index contributed by atoms with van der Waals surface area (Å²) in [6.07, 6.45) is 0. The highest BCUT2D eigenvalue weighted by atomic mass is 32.1. The predicted molar refractivity (Wildman–Crippen MR) is 62.9 cm³/mol. The molecule has 1 heterocycles. The summed E-state index contributed by atoms with van der Waals surface area (Å²) >= 11 is 1.07. The van der Waals surface area contributed by atoms with Gasteiger partial charge >= 0.3 is 5.97 Å². The van der Waals surface area contributed by atoms with Crippen LogP contribution in [0.5, 0.6) is 0 Å². The van der Waals surface area contributed by atoms with Crippen molar-refractivity contribution in [2.45, 2.75) is 33.2 Å². The van der Waals surface area contributed by atoms with Gasteiger partial charge in [-0.1, -0.05) is 4.49 Å². The number of carbonyl (C=O) groups is 2. The molecule has 0 aliphatic carbocycles. The molecular formula is C10H15N3O3S. The number of hydrogen-bond acceptors (Lipinski definition) is 5. The summed E-state index contributed by atoms with van der Waals surface area (Å²) in [5.41, 5.74) is -1.80. The van der Waals surface area contributed by atoms with Crippen LogP contribution in [0.4, 0.5) is 0 Å². The fraction of sp³-hybridized carbons (Fsp3) is 0.600. The summed E-state index contributed by atoms with van der Waals surface area (Å²) < 4.78 is 3.59. The summed E-state index contributed by atoms with van der Waals surface area (Å²) in [5.74, 6) is -1.39. The number of hydrogen-bond donors (Lipinski definition) is 2. The van der Waals surface area contributed by atoms with E-state index < -0.39 is 22.8 Å². The van der Waals surface area contributed by atoms with Gasteiger partial charge in [-0.25, -0.2) is 0 Å². The Balaban J connectivity index is 2.87. The zero-order chi connectivity index (χ0) is 13.3. The van der Waals surface area contributed by atoms with Crippen LogP contribution in [0, 0.1) is 5.41 Å². The third-order valence-electron chi connectivity index (χ3n) is 3.12. The molecule has 7 heteroatoms. The highest BCUT2D eigenvalue weighted by molar-refractivity contribution is 7.03. The Morgan fingerprint density at radius 1 is 1.35 bits per heavy atom. The molecule has 0 saturated heterocycles. The third-order valence-corrected chi connectivity index (χ3v) is 3.62. The Labute approximate surface area is 103 Å². The first-order chi connectivity index (χ1) is 7.68. The van der Waals surface area contributed by atoms with E-state index in [0.29, 0.717) is 0 Å². The number of carboxylic acid groups (broad SMARTS) is 1. The highest BCUT2D eigenvalue weighted by Crippen LogP contribution is 2.30. The molecule has 0 aliphatic heterocycles. The molecule has 17 heavy (non-hydrogen) atoms. The van der Waals surface area contributed by atoms with Crippen molar-refractivity contribution in [3.63, 3.8) is 0 Å². The van der Waals surface area contributed by atoms with E-state index in [1.807, 2.05) is 0 Å². The number of nitrogens with one attached hydrogen (secondary N) is 1. The van der Waals surface area contributed by atoms with Crippen molar-refractivity contribution in [1.82, 2.24) is 14.9 Å². The molecule has 0 atom stereocenters. The van der Waals surface area contributed by atoms with E-state index in [2.05, 4.69) is 14.9 Å². The van der Waals surface area contributed by atoms with E-state index in [1.165, 1.54) is 5.38 Å². The molecule has 94 valence electrons. The zero-order valence-corrected chi connectivity index (χ0v) is 11.0.